The van der Waals surface area contributed by atoms with E-state index in [2.05, 4.69) is 22.3 Å². The fourth-order valence-corrected chi connectivity index (χ4v) is 2.20. The first kappa shape index (κ1) is 15.0. The van der Waals surface area contributed by atoms with E-state index in [1.807, 2.05) is 24.3 Å². The van der Waals surface area contributed by atoms with E-state index in [9.17, 15) is 9.18 Å². The number of rotatable bonds is 5. The fraction of sp³-hybridized carbons (Fsp3) is 0.176. The van der Waals surface area contributed by atoms with Crippen molar-refractivity contribution in [1.82, 2.24) is 20.2 Å². The Labute approximate surface area is 132 Å². The summed E-state index contributed by atoms with van der Waals surface area (Å²) in [7, 11) is 0. The van der Waals surface area contributed by atoms with Crippen LogP contribution in [0.5, 0.6) is 0 Å². The smallest absolute Gasteiger partial charge is 0.204 e. The van der Waals surface area contributed by atoms with E-state index >= 15 is 0 Å². The van der Waals surface area contributed by atoms with Gasteiger partial charge in [-0.05, 0) is 29.3 Å². The third-order valence-corrected chi connectivity index (χ3v) is 3.50. The van der Waals surface area contributed by atoms with Gasteiger partial charge in [0.2, 0.25) is 5.82 Å². The Morgan fingerprint density at radius 2 is 1.96 bits per heavy atom. The molecule has 0 saturated heterocycles. The van der Waals surface area contributed by atoms with Crippen molar-refractivity contribution in [2.75, 3.05) is 0 Å². The highest BCUT2D eigenvalue weighted by Gasteiger charge is 2.11. The number of carbonyl (C=O) groups excluding carboxylic acids is 1. The number of nitrogens with zero attached hydrogens (tertiary/aromatic N) is 4. The number of halogens is 1. The number of carbonyl (C=O) groups is 1. The predicted molar refractivity (Wildman–Crippen MR) is 83.4 cm³/mol. The minimum atomic E-state index is -0.445. The number of benzene rings is 2. The van der Waals surface area contributed by atoms with Gasteiger partial charge in [-0.1, -0.05) is 43.3 Å². The molecule has 2 aromatic carbocycles. The van der Waals surface area contributed by atoms with E-state index in [1.54, 1.807) is 6.07 Å². The summed E-state index contributed by atoms with van der Waals surface area (Å²) in [6.45, 7) is 2.01. The zero-order chi connectivity index (χ0) is 16.2. The summed E-state index contributed by atoms with van der Waals surface area (Å²) >= 11 is 0. The summed E-state index contributed by atoms with van der Waals surface area (Å²) in [6, 6.07) is 13.4. The highest BCUT2D eigenvalue weighted by atomic mass is 19.1. The van der Waals surface area contributed by atoms with Crippen molar-refractivity contribution in [3.63, 3.8) is 0 Å². The van der Waals surface area contributed by atoms with Gasteiger partial charge in [-0.15, -0.1) is 10.2 Å². The third kappa shape index (κ3) is 3.48. The number of hydrogen-bond acceptors (Lipinski definition) is 4. The summed E-state index contributed by atoms with van der Waals surface area (Å²) < 4.78 is 13.2. The lowest BCUT2D eigenvalue weighted by Gasteiger charge is -2.00. The molecule has 0 radical (unpaired) electrons. The first-order chi connectivity index (χ1) is 11.2. The molecule has 0 aliphatic carbocycles. The van der Waals surface area contributed by atoms with Crippen molar-refractivity contribution in [3.8, 4) is 11.4 Å². The van der Waals surface area contributed by atoms with Crippen molar-refractivity contribution < 1.29 is 9.18 Å². The molecule has 0 bridgehead atoms. The lowest BCUT2D eigenvalue weighted by atomic mass is 10.1. The summed E-state index contributed by atoms with van der Waals surface area (Å²) in [5, 5.41) is 12.0. The summed E-state index contributed by atoms with van der Waals surface area (Å²) in [4.78, 5) is 13.3. The molecule has 3 aromatic rings. The largest absolute Gasteiger partial charge is 0.292 e. The van der Waals surface area contributed by atoms with Gasteiger partial charge >= 0.3 is 0 Å². The highest BCUT2D eigenvalue weighted by Crippen LogP contribution is 2.15. The van der Waals surface area contributed by atoms with Crippen LogP contribution in [0.25, 0.3) is 11.4 Å². The van der Waals surface area contributed by atoms with Gasteiger partial charge in [0, 0.05) is 11.1 Å². The molecule has 5 nitrogen and oxygen atoms in total. The molecule has 6 heteroatoms. The molecule has 0 amide bonds. The van der Waals surface area contributed by atoms with Crippen LogP contribution in [0.2, 0.25) is 0 Å². The van der Waals surface area contributed by atoms with Crippen molar-refractivity contribution in [2.24, 2.45) is 0 Å². The van der Waals surface area contributed by atoms with Gasteiger partial charge in [0.25, 0.3) is 0 Å². The van der Waals surface area contributed by atoms with Crippen LogP contribution in [0.3, 0.4) is 0 Å². The highest BCUT2D eigenvalue weighted by molar-refractivity contribution is 5.95. The molecular formula is C17H15FN4O. The van der Waals surface area contributed by atoms with Crippen molar-refractivity contribution in [1.29, 1.82) is 0 Å². The molecule has 0 spiro atoms. The molecule has 0 atom stereocenters. The number of aryl methyl sites for hydroxylation is 1. The van der Waals surface area contributed by atoms with Crippen LogP contribution in [-0.4, -0.2) is 26.0 Å². The molecule has 0 fully saturated rings. The van der Waals surface area contributed by atoms with Gasteiger partial charge in [-0.3, -0.25) is 4.79 Å². The van der Waals surface area contributed by atoms with E-state index in [1.165, 1.54) is 28.6 Å². The van der Waals surface area contributed by atoms with Crippen molar-refractivity contribution in [2.45, 2.75) is 19.9 Å². The van der Waals surface area contributed by atoms with Crippen LogP contribution >= 0.6 is 0 Å². The van der Waals surface area contributed by atoms with Gasteiger partial charge in [0.1, 0.15) is 12.4 Å². The summed E-state index contributed by atoms with van der Waals surface area (Å²) in [6.07, 6.45) is 0.961. The zero-order valence-electron chi connectivity index (χ0n) is 12.6. The SMILES string of the molecule is CCc1ccc(-c2nnn(CC(=O)c3cccc(F)c3)n2)cc1. The Hall–Kier alpha value is -2.89. The maximum Gasteiger partial charge on any atom is 0.204 e. The summed E-state index contributed by atoms with van der Waals surface area (Å²) in [5.74, 6) is -0.256. The minimum absolute atomic E-state index is 0.0799. The number of Topliss-reactive ketones (excluding diaryl/α,β-unsaturated/α-hetero) is 1. The van der Waals surface area contributed by atoms with Crippen molar-refractivity contribution >= 4 is 5.78 Å². The molecule has 0 saturated carbocycles. The molecule has 0 N–H and O–H groups in total. The van der Waals surface area contributed by atoms with Gasteiger partial charge in [0.05, 0.1) is 0 Å². The van der Waals surface area contributed by atoms with E-state index in [0.29, 0.717) is 5.82 Å². The van der Waals surface area contributed by atoms with Crippen LogP contribution in [0.1, 0.15) is 22.8 Å². The number of hydrogen-bond donors (Lipinski definition) is 0. The second-order valence-corrected chi connectivity index (χ2v) is 5.13. The molecule has 1 aromatic heterocycles. The normalized spacial score (nSPS) is 10.7. The van der Waals surface area contributed by atoms with Crippen LogP contribution in [0.4, 0.5) is 4.39 Å². The van der Waals surface area contributed by atoms with E-state index in [0.717, 1.165) is 12.0 Å². The first-order valence-electron chi connectivity index (χ1n) is 7.31. The number of aromatic nitrogens is 4. The second kappa shape index (κ2) is 6.48. The van der Waals surface area contributed by atoms with Crippen LogP contribution < -0.4 is 0 Å². The monoisotopic (exact) mass is 310 g/mol. The van der Waals surface area contributed by atoms with E-state index in [-0.39, 0.29) is 17.9 Å². The lowest BCUT2D eigenvalue weighted by Crippen LogP contribution is -2.13. The van der Waals surface area contributed by atoms with Gasteiger partial charge in [-0.25, -0.2) is 4.39 Å². The molecule has 3 rings (SSSR count). The quantitative estimate of drug-likeness (QED) is 0.680. The van der Waals surface area contributed by atoms with E-state index in [4.69, 9.17) is 0 Å². The minimum Gasteiger partial charge on any atom is -0.292 e. The maximum absolute atomic E-state index is 13.2. The van der Waals surface area contributed by atoms with Crippen LogP contribution in [0.15, 0.2) is 48.5 Å². The van der Waals surface area contributed by atoms with Crippen LogP contribution in [0, 0.1) is 5.82 Å². The zero-order valence-corrected chi connectivity index (χ0v) is 12.6. The Bertz CT molecular complexity index is 827. The molecule has 0 unspecified atom stereocenters. The van der Waals surface area contributed by atoms with Crippen LogP contribution in [-0.2, 0) is 13.0 Å². The van der Waals surface area contributed by atoms with Crippen molar-refractivity contribution in [3.05, 3.63) is 65.5 Å². The van der Waals surface area contributed by atoms with Gasteiger partial charge < -0.3 is 0 Å². The lowest BCUT2D eigenvalue weighted by molar-refractivity contribution is 0.0961. The first-order valence-corrected chi connectivity index (χ1v) is 7.31. The standard InChI is InChI=1S/C17H15FN4O/c1-2-12-6-8-13(9-7-12)17-19-21-22(20-17)11-16(23)14-4-3-5-15(18)10-14/h3-10H,2,11H2,1H3. The molecule has 0 aliphatic rings. The fourth-order valence-electron chi connectivity index (χ4n) is 2.20. The number of tetrazole rings is 1. The predicted octanol–water partition coefficient (Wildman–Crippen LogP) is 2.92. The molecule has 116 valence electrons. The Morgan fingerprint density at radius 3 is 2.65 bits per heavy atom. The Balaban J connectivity index is 1.75. The number of ketones is 1. The van der Waals surface area contributed by atoms with Gasteiger partial charge in [0.15, 0.2) is 5.78 Å². The second-order valence-electron chi connectivity index (χ2n) is 5.13. The molecular weight excluding hydrogens is 295 g/mol. The third-order valence-electron chi connectivity index (χ3n) is 3.50. The topological polar surface area (TPSA) is 60.7 Å². The molecule has 0 aliphatic heterocycles. The Morgan fingerprint density at radius 1 is 1.17 bits per heavy atom. The maximum atomic E-state index is 13.2. The molecule has 23 heavy (non-hydrogen) atoms. The average molecular weight is 310 g/mol. The van der Waals surface area contributed by atoms with E-state index < -0.39 is 5.82 Å². The molecule has 1 heterocycles. The summed E-state index contributed by atoms with van der Waals surface area (Å²) in [5.41, 5.74) is 2.35. The Kier molecular flexibility index (Phi) is 4.23. The average Bonchev–Trinajstić information content (AvgIpc) is 3.03. The van der Waals surface area contributed by atoms with Gasteiger partial charge in [-0.2, -0.15) is 4.80 Å².